The number of hydrogen-bond donors (Lipinski definition) is 1. The van der Waals surface area contributed by atoms with Crippen molar-refractivity contribution < 1.29 is 30.7 Å². The number of sulfonamides is 1. The lowest BCUT2D eigenvalue weighted by atomic mass is 10.3. The van der Waals surface area contributed by atoms with Crippen LogP contribution in [0.25, 0.3) is 15.6 Å². The number of aromatic nitrogens is 1. The predicted octanol–water partition coefficient (Wildman–Crippen LogP) is 3.16. The average Bonchev–Trinajstić information content (AvgIpc) is 3.26. The van der Waals surface area contributed by atoms with Gasteiger partial charge in [0.05, 0.1) is 26.8 Å². The van der Waals surface area contributed by atoms with Gasteiger partial charge in [-0.25, -0.2) is 21.6 Å². The van der Waals surface area contributed by atoms with Crippen molar-refractivity contribution in [3.05, 3.63) is 43.1 Å². The van der Waals surface area contributed by atoms with Crippen LogP contribution in [0.5, 0.6) is 0 Å². The fraction of sp³-hybridized carbons (Fsp3) is 0.176. The molecule has 0 radical (unpaired) electrons. The van der Waals surface area contributed by atoms with E-state index in [1.165, 1.54) is 39.3 Å². The van der Waals surface area contributed by atoms with Gasteiger partial charge >= 0.3 is 0 Å². The van der Waals surface area contributed by atoms with Crippen molar-refractivity contribution in [3.8, 4) is 0 Å². The first-order chi connectivity index (χ1) is 15.3. The van der Waals surface area contributed by atoms with E-state index >= 15 is 0 Å². The number of hydrogen-bond acceptors (Lipinski definition) is 10. The summed E-state index contributed by atoms with van der Waals surface area (Å²) in [6, 6.07) is 6.77. The standard InChI is InChI=1S/C17H13BrClN3O6S5/c1-32(24,25)20-14(23)7-21-11-5-13(18)30-17(11)31-15(21)6-16-22(8-33(26,27)28)10-4-9(19)2-3-12(10)29-16/h2-6H,7-8H2,1H3,(H-,20,23,26,27,28). The van der Waals surface area contributed by atoms with E-state index in [1.807, 2.05) is 10.8 Å². The number of amides is 1. The molecule has 2 aromatic heterocycles. The molecule has 4 rings (SSSR count). The fourth-order valence-electron chi connectivity index (χ4n) is 3.10. The second-order valence-electron chi connectivity index (χ2n) is 6.86. The van der Waals surface area contributed by atoms with Crippen molar-refractivity contribution in [3.63, 3.8) is 0 Å². The molecule has 0 unspecified atom stereocenters. The number of nitrogens with zero attached hydrogens (tertiary/aromatic N) is 2. The maximum atomic E-state index is 12.3. The second kappa shape index (κ2) is 9.11. The summed E-state index contributed by atoms with van der Waals surface area (Å²) in [5.41, 5.74) is 1.19. The Morgan fingerprint density at radius 1 is 1.27 bits per heavy atom. The minimum atomic E-state index is -4.62. The Kier molecular flexibility index (Phi) is 6.88. The van der Waals surface area contributed by atoms with E-state index in [0.29, 0.717) is 26.3 Å². The molecule has 1 N–H and O–H groups in total. The number of halogens is 2. The molecule has 0 bridgehead atoms. The van der Waals surface area contributed by atoms with E-state index in [2.05, 4.69) is 15.9 Å². The topological polar surface area (TPSA) is 128 Å². The second-order valence-corrected chi connectivity index (χ2v) is 15.2. The molecule has 1 aliphatic heterocycles. The summed E-state index contributed by atoms with van der Waals surface area (Å²) in [5, 5.41) is 1.41. The molecule has 1 aliphatic rings. The zero-order chi connectivity index (χ0) is 24.1. The van der Waals surface area contributed by atoms with Crippen LogP contribution in [0.2, 0.25) is 5.02 Å². The quantitative estimate of drug-likeness (QED) is 0.325. The summed E-state index contributed by atoms with van der Waals surface area (Å²) in [6.07, 6.45) is 2.56. The molecular formula is C17H13BrClN3O6S5. The van der Waals surface area contributed by atoms with Gasteiger partial charge in [-0.3, -0.25) is 4.79 Å². The number of rotatable bonds is 6. The van der Waals surface area contributed by atoms with Crippen LogP contribution in [-0.2, 0) is 31.5 Å². The van der Waals surface area contributed by atoms with E-state index in [4.69, 9.17) is 11.6 Å². The smallest absolute Gasteiger partial charge is 0.299 e. The molecule has 0 fully saturated rings. The predicted molar refractivity (Wildman–Crippen MR) is 133 cm³/mol. The minimum Gasteiger partial charge on any atom is -0.747 e. The highest BCUT2D eigenvalue weighted by molar-refractivity contribution is 9.11. The van der Waals surface area contributed by atoms with Crippen LogP contribution < -0.4 is 14.2 Å². The summed E-state index contributed by atoms with van der Waals surface area (Å²) in [7, 11) is -8.35. The van der Waals surface area contributed by atoms with Gasteiger partial charge in [0.25, 0.3) is 10.9 Å². The molecule has 1 amide bonds. The number of nitrogens with one attached hydrogen (secondary N) is 1. The first-order valence-electron chi connectivity index (χ1n) is 8.81. The van der Waals surface area contributed by atoms with Crippen molar-refractivity contribution in [2.45, 2.75) is 11.4 Å². The molecule has 33 heavy (non-hydrogen) atoms. The van der Waals surface area contributed by atoms with Gasteiger partial charge < -0.3 is 9.45 Å². The molecule has 0 atom stereocenters. The number of thioether (sulfide) groups is 1. The molecule has 0 saturated carbocycles. The van der Waals surface area contributed by atoms with Crippen LogP contribution in [-0.4, -0.2) is 39.4 Å². The summed E-state index contributed by atoms with van der Waals surface area (Å²) < 4.78 is 63.0. The summed E-state index contributed by atoms with van der Waals surface area (Å²) >= 11 is 13.5. The van der Waals surface area contributed by atoms with Crippen LogP contribution in [0.1, 0.15) is 5.01 Å². The fourth-order valence-corrected chi connectivity index (χ4v) is 8.82. The molecule has 0 saturated heterocycles. The van der Waals surface area contributed by atoms with Crippen molar-refractivity contribution in [1.29, 1.82) is 0 Å². The number of thiazole rings is 1. The molecule has 3 aromatic rings. The Balaban J connectivity index is 1.80. The number of carbonyl (C=O) groups is 1. The van der Waals surface area contributed by atoms with Gasteiger partial charge in [0, 0.05) is 16.0 Å². The van der Waals surface area contributed by atoms with E-state index in [9.17, 15) is 26.2 Å². The Bertz CT molecular complexity index is 1530. The Hall–Kier alpha value is -1.20. The average molecular weight is 631 g/mol. The van der Waals surface area contributed by atoms with Gasteiger partial charge in [0.2, 0.25) is 22.1 Å². The number of thiophene rings is 1. The first kappa shape index (κ1) is 24.9. The molecule has 0 spiro atoms. The summed E-state index contributed by atoms with van der Waals surface area (Å²) in [4.78, 5) is 14.4. The lowest BCUT2D eigenvalue weighted by Crippen LogP contribution is -2.45. The highest BCUT2D eigenvalue weighted by Gasteiger charge is 2.31. The lowest BCUT2D eigenvalue weighted by molar-refractivity contribution is -0.655. The molecular weight excluding hydrogens is 618 g/mol. The molecule has 0 aliphatic carbocycles. The third-order valence-corrected chi connectivity index (χ3v) is 9.62. The van der Waals surface area contributed by atoms with Gasteiger partial charge in [0.15, 0.2) is 4.01 Å². The van der Waals surface area contributed by atoms with Crippen molar-refractivity contribution >= 4 is 109 Å². The Morgan fingerprint density at radius 3 is 2.67 bits per heavy atom. The maximum absolute atomic E-state index is 12.3. The van der Waals surface area contributed by atoms with Crippen molar-refractivity contribution in [2.24, 2.45) is 0 Å². The van der Waals surface area contributed by atoms with E-state index in [0.717, 1.165) is 19.0 Å². The van der Waals surface area contributed by atoms with Crippen LogP contribution in [0.4, 0.5) is 5.69 Å². The largest absolute Gasteiger partial charge is 0.747 e. The Morgan fingerprint density at radius 2 is 2.00 bits per heavy atom. The Labute approximate surface area is 215 Å². The van der Waals surface area contributed by atoms with Gasteiger partial charge in [-0.2, -0.15) is 4.57 Å². The van der Waals surface area contributed by atoms with Crippen molar-refractivity contribution in [2.75, 3.05) is 17.0 Å². The number of anilines is 1. The maximum Gasteiger partial charge on any atom is 0.299 e. The van der Waals surface area contributed by atoms with Gasteiger partial charge in [-0.05, 0) is 34.1 Å². The molecule has 1 aromatic carbocycles. The van der Waals surface area contributed by atoms with Gasteiger partial charge in [0.1, 0.15) is 16.0 Å². The van der Waals surface area contributed by atoms with Gasteiger partial charge in [-0.15, -0.1) is 11.3 Å². The summed E-state index contributed by atoms with van der Waals surface area (Å²) in [5.74, 6) is -1.52. The third-order valence-electron chi connectivity index (χ3n) is 4.23. The highest BCUT2D eigenvalue weighted by Crippen LogP contribution is 2.48. The molecule has 16 heteroatoms. The minimum absolute atomic E-state index is 0.279. The zero-order valence-corrected chi connectivity index (χ0v) is 22.9. The molecule has 9 nitrogen and oxygen atoms in total. The highest BCUT2D eigenvalue weighted by atomic mass is 79.9. The monoisotopic (exact) mass is 629 g/mol. The first-order valence-corrected chi connectivity index (χ1v) is 15.9. The number of benzene rings is 1. The summed E-state index contributed by atoms with van der Waals surface area (Å²) in [6.45, 7) is -0.279. The van der Waals surface area contributed by atoms with E-state index < -0.39 is 31.9 Å². The van der Waals surface area contributed by atoms with E-state index in [1.54, 1.807) is 28.8 Å². The van der Waals surface area contributed by atoms with Crippen LogP contribution in [0.3, 0.4) is 0 Å². The zero-order valence-electron chi connectivity index (χ0n) is 16.4. The number of carbonyl (C=O) groups excluding carboxylic acids is 1. The van der Waals surface area contributed by atoms with Crippen LogP contribution in [0.15, 0.2) is 38.0 Å². The van der Waals surface area contributed by atoms with Crippen LogP contribution in [0, 0.1) is 0 Å². The molecule has 176 valence electrons. The molecule has 3 heterocycles. The number of fused-ring (bicyclic) bond motifs is 2. The lowest BCUT2D eigenvalue weighted by Gasteiger charge is -2.21. The normalized spacial score (nSPS) is 15.4. The van der Waals surface area contributed by atoms with Crippen molar-refractivity contribution in [1.82, 2.24) is 4.72 Å². The van der Waals surface area contributed by atoms with E-state index in [-0.39, 0.29) is 6.54 Å². The van der Waals surface area contributed by atoms with Gasteiger partial charge in [-0.1, -0.05) is 34.7 Å². The third kappa shape index (κ3) is 5.90. The SMILES string of the molecule is CS(=O)(=O)NC(=O)C[n+]1c(C=C2Sc3ccc(Cl)cc3N2CS(=O)(=O)[O-])sc2sc(Br)cc21. The van der Waals surface area contributed by atoms with Crippen LogP contribution >= 0.6 is 62.0 Å².